The average Bonchev–Trinajstić information content (AvgIpc) is 3.02. The molecule has 0 radical (unpaired) electrons. The lowest BCUT2D eigenvalue weighted by Gasteiger charge is -2.09. The number of aliphatic imine (C=N–C) groups is 1. The molecule has 1 aliphatic heterocycles. The number of methoxy groups -OCH3 is 3. The molecule has 1 heterocycles. The Morgan fingerprint density at radius 3 is 2.36 bits per heavy atom. The summed E-state index contributed by atoms with van der Waals surface area (Å²) in [4.78, 5) is 16.7. The van der Waals surface area contributed by atoms with E-state index in [-0.39, 0.29) is 5.91 Å². The molecule has 0 bridgehead atoms. The number of rotatable bonds is 5. The van der Waals surface area contributed by atoms with Crippen molar-refractivity contribution in [1.29, 1.82) is 0 Å². The smallest absolute Gasteiger partial charge is 0.275 e. The van der Waals surface area contributed by atoms with Crippen molar-refractivity contribution in [2.75, 3.05) is 21.3 Å². The van der Waals surface area contributed by atoms with E-state index in [2.05, 4.69) is 10.3 Å². The molecule has 25 heavy (non-hydrogen) atoms. The molecule has 0 spiro atoms. The maximum Gasteiger partial charge on any atom is 0.275 e. The van der Waals surface area contributed by atoms with Crippen molar-refractivity contribution in [3.8, 4) is 17.2 Å². The largest absolute Gasteiger partial charge is 0.496 e. The van der Waals surface area contributed by atoms with Crippen LogP contribution >= 0.6 is 0 Å². The van der Waals surface area contributed by atoms with Crippen molar-refractivity contribution in [1.82, 2.24) is 5.32 Å². The molecular formula is C19H18N2O4. The van der Waals surface area contributed by atoms with Crippen molar-refractivity contribution in [3.05, 3.63) is 59.3 Å². The third kappa shape index (κ3) is 3.33. The Hall–Kier alpha value is -3.28. The van der Waals surface area contributed by atoms with Gasteiger partial charge in [0.2, 0.25) is 0 Å². The Morgan fingerprint density at radius 1 is 0.920 bits per heavy atom. The van der Waals surface area contributed by atoms with Gasteiger partial charge in [-0.15, -0.1) is 0 Å². The molecule has 0 atom stereocenters. The van der Waals surface area contributed by atoms with Crippen LogP contribution in [0.25, 0.3) is 6.08 Å². The summed E-state index contributed by atoms with van der Waals surface area (Å²) in [6, 6.07) is 12.8. The fourth-order valence-electron chi connectivity index (χ4n) is 2.52. The van der Waals surface area contributed by atoms with E-state index in [1.165, 1.54) is 0 Å². The lowest BCUT2D eigenvalue weighted by Crippen LogP contribution is -2.24. The van der Waals surface area contributed by atoms with Crippen LogP contribution in [0.3, 0.4) is 0 Å². The van der Waals surface area contributed by atoms with Crippen molar-refractivity contribution in [2.45, 2.75) is 0 Å². The second-order valence-electron chi connectivity index (χ2n) is 5.26. The molecule has 1 N–H and O–H groups in total. The number of ether oxygens (including phenoxy) is 3. The van der Waals surface area contributed by atoms with E-state index in [1.54, 1.807) is 39.5 Å². The van der Waals surface area contributed by atoms with Gasteiger partial charge < -0.3 is 19.5 Å². The zero-order valence-corrected chi connectivity index (χ0v) is 14.2. The van der Waals surface area contributed by atoms with Gasteiger partial charge in [0.05, 0.1) is 21.3 Å². The number of carbonyl (C=O) groups is 1. The summed E-state index contributed by atoms with van der Waals surface area (Å²) in [5.41, 5.74) is 1.83. The van der Waals surface area contributed by atoms with Crippen LogP contribution in [0.1, 0.15) is 11.1 Å². The van der Waals surface area contributed by atoms with Crippen LogP contribution < -0.4 is 19.5 Å². The summed E-state index contributed by atoms with van der Waals surface area (Å²) in [7, 11) is 4.72. The number of amidine groups is 1. The van der Waals surface area contributed by atoms with Gasteiger partial charge in [-0.25, -0.2) is 4.99 Å². The molecule has 0 saturated heterocycles. The Morgan fingerprint density at radius 2 is 1.64 bits per heavy atom. The highest BCUT2D eigenvalue weighted by molar-refractivity contribution is 6.20. The van der Waals surface area contributed by atoms with E-state index < -0.39 is 0 Å². The number of benzene rings is 2. The fraction of sp³-hybridized carbons (Fsp3) is 0.158. The first-order valence-electron chi connectivity index (χ1n) is 7.63. The van der Waals surface area contributed by atoms with Crippen molar-refractivity contribution in [2.24, 2.45) is 4.99 Å². The molecule has 1 aliphatic rings. The molecule has 3 rings (SSSR count). The Labute approximate surface area is 145 Å². The summed E-state index contributed by atoms with van der Waals surface area (Å²) >= 11 is 0. The first kappa shape index (κ1) is 16.6. The minimum absolute atomic E-state index is 0.268. The minimum Gasteiger partial charge on any atom is -0.496 e. The molecule has 1 amide bonds. The highest BCUT2D eigenvalue weighted by Crippen LogP contribution is 2.29. The first-order chi connectivity index (χ1) is 12.2. The monoisotopic (exact) mass is 338 g/mol. The average molecular weight is 338 g/mol. The number of nitrogens with one attached hydrogen (secondary N) is 1. The summed E-state index contributed by atoms with van der Waals surface area (Å²) < 4.78 is 15.8. The third-order valence-corrected chi connectivity index (χ3v) is 3.78. The van der Waals surface area contributed by atoms with Gasteiger partial charge >= 0.3 is 0 Å². The first-order valence-corrected chi connectivity index (χ1v) is 7.63. The number of amides is 1. The van der Waals surface area contributed by atoms with E-state index in [9.17, 15) is 4.79 Å². The molecule has 6 heteroatoms. The second kappa shape index (κ2) is 7.09. The molecule has 0 unspecified atom stereocenters. The molecule has 0 fully saturated rings. The van der Waals surface area contributed by atoms with Crippen LogP contribution in [0.4, 0.5) is 0 Å². The van der Waals surface area contributed by atoms with Gasteiger partial charge in [-0.2, -0.15) is 0 Å². The number of para-hydroxylation sites is 1. The van der Waals surface area contributed by atoms with Gasteiger partial charge in [-0.3, -0.25) is 4.79 Å². The van der Waals surface area contributed by atoms with Crippen molar-refractivity contribution in [3.63, 3.8) is 0 Å². The van der Waals surface area contributed by atoms with Crippen molar-refractivity contribution < 1.29 is 19.0 Å². The molecule has 6 nitrogen and oxygen atoms in total. The lowest BCUT2D eigenvalue weighted by atomic mass is 10.1. The highest BCUT2D eigenvalue weighted by Gasteiger charge is 2.22. The van der Waals surface area contributed by atoms with E-state index in [0.29, 0.717) is 28.8 Å². The van der Waals surface area contributed by atoms with E-state index in [0.717, 1.165) is 11.1 Å². The lowest BCUT2D eigenvalue weighted by molar-refractivity contribution is -0.115. The predicted molar refractivity (Wildman–Crippen MR) is 95.2 cm³/mol. The predicted octanol–water partition coefficient (Wildman–Crippen LogP) is 2.63. The Bertz CT molecular complexity index is 871. The molecule has 0 aromatic heterocycles. The topological polar surface area (TPSA) is 69.2 Å². The Kier molecular flexibility index (Phi) is 4.70. The normalized spacial score (nSPS) is 14.9. The van der Waals surface area contributed by atoms with Crippen LogP contribution in [0.5, 0.6) is 17.2 Å². The van der Waals surface area contributed by atoms with Crippen LogP contribution in [-0.4, -0.2) is 33.1 Å². The van der Waals surface area contributed by atoms with E-state index >= 15 is 0 Å². The van der Waals surface area contributed by atoms with Gasteiger partial charge in [0, 0.05) is 11.1 Å². The zero-order chi connectivity index (χ0) is 17.8. The molecule has 0 saturated carbocycles. The van der Waals surface area contributed by atoms with Crippen molar-refractivity contribution >= 4 is 17.8 Å². The second-order valence-corrected chi connectivity index (χ2v) is 5.26. The van der Waals surface area contributed by atoms with Crippen LogP contribution in [-0.2, 0) is 4.79 Å². The summed E-state index contributed by atoms with van der Waals surface area (Å²) in [5, 5.41) is 2.77. The summed E-state index contributed by atoms with van der Waals surface area (Å²) in [5.74, 6) is 2.06. The van der Waals surface area contributed by atoms with Gasteiger partial charge in [-0.1, -0.05) is 18.2 Å². The van der Waals surface area contributed by atoms with Gasteiger partial charge in [0.25, 0.3) is 5.91 Å². The number of nitrogens with zero attached hydrogens (tertiary/aromatic N) is 1. The summed E-state index contributed by atoms with van der Waals surface area (Å²) in [6.07, 6.45) is 1.70. The van der Waals surface area contributed by atoms with Gasteiger partial charge in [0.1, 0.15) is 17.3 Å². The Balaban J connectivity index is 1.96. The van der Waals surface area contributed by atoms with E-state index in [1.807, 2.05) is 30.3 Å². The quantitative estimate of drug-likeness (QED) is 0.851. The summed E-state index contributed by atoms with van der Waals surface area (Å²) in [6.45, 7) is 0. The van der Waals surface area contributed by atoms with Crippen LogP contribution in [0.2, 0.25) is 0 Å². The molecule has 128 valence electrons. The number of carbonyl (C=O) groups excluding carboxylic acids is 1. The minimum atomic E-state index is -0.268. The number of hydrogen-bond donors (Lipinski definition) is 1. The third-order valence-electron chi connectivity index (χ3n) is 3.78. The molecular weight excluding hydrogens is 320 g/mol. The number of hydrogen-bond acceptors (Lipinski definition) is 5. The highest BCUT2D eigenvalue weighted by atomic mass is 16.5. The van der Waals surface area contributed by atoms with Crippen LogP contribution in [0, 0.1) is 0 Å². The SMILES string of the molecule is COc1ccccc1/C=C1\N=C(c2ccc(OC)c(OC)c2)NC1=O. The van der Waals surface area contributed by atoms with Crippen LogP contribution in [0.15, 0.2) is 53.2 Å². The van der Waals surface area contributed by atoms with Gasteiger partial charge in [0.15, 0.2) is 11.5 Å². The van der Waals surface area contributed by atoms with Gasteiger partial charge in [-0.05, 0) is 30.3 Å². The zero-order valence-electron chi connectivity index (χ0n) is 14.2. The standard InChI is InChI=1S/C19H18N2O4/c1-23-15-7-5-4-6-12(15)10-14-19(22)21-18(20-14)13-8-9-16(24-2)17(11-13)25-3/h4-11H,1-3H3,(H,20,21,22)/b14-10-. The maximum atomic E-state index is 12.2. The molecule has 0 aliphatic carbocycles. The molecule has 2 aromatic rings. The molecule has 2 aromatic carbocycles. The maximum absolute atomic E-state index is 12.2. The fourth-order valence-corrected chi connectivity index (χ4v) is 2.52. The van der Waals surface area contributed by atoms with E-state index in [4.69, 9.17) is 14.2 Å².